The van der Waals surface area contributed by atoms with Crippen molar-refractivity contribution in [1.29, 1.82) is 0 Å². The Morgan fingerprint density at radius 2 is 1.65 bits per heavy atom. The Balaban J connectivity index is 1.22. The molecule has 0 radical (unpaired) electrons. The highest BCUT2D eigenvalue weighted by molar-refractivity contribution is 7.99. The van der Waals surface area contributed by atoms with E-state index < -0.39 is 5.97 Å². The number of imidazole rings is 1. The zero-order chi connectivity index (χ0) is 23.5. The molecule has 0 saturated heterocycles. The minimum Gasteiger partial charge on any atom is -0.478 e. The van der Waals surface area contributed by atoms with Gasteiger partial charge in [-0.25, -0.2) is 9.78 Å². The highest BCUT2D eigenvalue weighted by atomic mass is 32.2. The van der Waals surface area contributed by atoms with Gasteiger partial charge in [-0.3, -0.25) is 4.79 Å². The number of carboxylic acid groups (broad SMARTS) is 1. The van der Waals surface area contributed by atoms with Gasteiger partial charge in [-0.05, 0) is 59.3 Å². The molecule has 1 heterocycles. The highest BCUT2D eigenvalue weighted by Gasteiger charge is 2.10. The predicted molar refractivity (Wildman–Crippen MR) is 133 cm³/mol. The first-order chi connectivity index (χ1) is 16.5. The normalized spacial score (nSPS) is 10.9. The molecule has 0 fully saturated rings. The number of nitrogens with one attached hydrogen (secondary N) is 2. The number of nitrogens with zero attached hydrogens (tertiary/aromatic N) is 1. The summed E-state index contributed by atoms with van der Waals surface area (Å²) in [5, 5.41) is 14.6. The third-order valence-electron chi connectivity index (χ3n) is 5.14. The summed E-state index contributed by atoms with van der Waals surface area (Å²) in [5.41, 5.74) is 2.29. The number of ether oxygens (including phenoxy) is 1. The van der Waals surface area contributed by atoms with Crippen LogP contribution in [-0.4, -0.2) is 32.7 Å². The van der Waals surface area contributed by atoms with E-state index >= 15 is 0 Å². The van der Waals surface area contributed by atoms with Crippen molar-refractivity contribution >= 4 is 51.1 Å². The average molecular weight is 470 g/mol. The van der Waals surface area contributed by atoms with Crippen molar-refractivity contribution in [3.8, 4) is 11.5 Å². The molecule has 0 spiro atoms. The molecule has 0 aliphatic carbocycles. The van der Waals surface area contributed by atoms with Crippen molar-refractivity contribution in [2.24, 2.45) is 0 Å². The van der Waals surface area contributed by atoms with Crippen LogP contribution in [-0.2, 0) is 4.79 Å². The van der Waals surface area contributed by atoms with Crippen molar-refractivity contribution in [1.82, 2.24) is 9.97 Å². The molecule has 168 valence electrons. The molecule has 1 aromatic heterocycles. The quantitative estimate of drug-likeness (QED) is 0.255. The highest BCUT2D eigenvalue weighted by Crippen LogP contribution is 2.29. The van der Waals surface area contributed by atoms with Crippen molar-refractivity contribution in [3.63, 3.8) is 0 Å². The Bertz CT molecular complexity index is 1510. The van der Waals surface area contributed by atoms with Gasteiger partial charge >= 0.3 is 5.97 Å². The summed E-state index contributed by atoms with van der Waals surface area (Å²) in [6.45, 7) is 0. The maximum absolute atomic E-state index is 12.3. The number of hydrogen-bond acceptors (Lipinski definition) is 5. The van der Waals surface area contributed by atoms with E-state index in [1.54, 1.807) is 12.1 Å². The van der Waals surface area contributed by atoms with Gasteiger partial charge < -0.3 is 20.1 Å². The number of rotatable bonds is 7. The number of thioether (sulfide) groups is 1. The summed E-state index contributed by atoms with van der Waals surface area (Å²) in [7, 11) is 0. The Hall–Kier alpha value is -4.30. The third-order valence-corrected chi connectivity index (χ3v) is 6.02. The van der Waals surface area contributed by atoms with Gasteiger partial charge in [0.05, 0.1) is 22.3 Å². The first kappa shape index (κ1) is 21.5. The molecule has 8 heteroatoms. The van der Waals surface area contributed by atoms with Crippen LogP contribution in [0.25, 0.3) is 21.8 Å². The number of amides is 1. The summed E-state index contributed by atoms with van der Waals surface area (Å²) in [6.07, 6.45) is 0. The largest absolute Gasteiger partial charge is 0.478 e. The van der Waals surface area contributed by atoms with Gasteiger partial charge in [0, 0.05) is 11.8 Å². The summed E-state index contributed by atoms with van der Waals surface area (Å²) in [5.74, 6) is 0.366. The second-order valence-electron chi connectivity index (χ2n) is 7.55. The van der Waals surface area contributed by atoms with Crippen LogP contribution in [0.2, 0.25) is 0 Å². The van der Waals surface area contributed by atoms with Crippen LogP contribution in [0, 0.1) is 0 Å². The van der Waals surface area contributed by atoms with E-state index in [0.29, 0.717) is 16.6 Å². The molecule has 5 aromatic rings. The number of H-pyrrole nitrogens is 1. The molecule has 0 unspecified atom stereocenters. The van der Waals surface area contributed by atoms with Crippen LogP contribution >= 0.6 is 11.8 Å². The summed E-state index contributed by atoms with van der Waals surface area (Å²) in [6, 6.07) is 25.7. The van der Waals surface area contributed by atoms with Gasteiger partial charge in [-0.1, -0.05) is 42.1 Å². The first-order valence-corrected chi connectivity index (χ1v) is 11.4. The lowest BCUT2D eigenvalue weighted by atomic mass is 10.1. The lowest BCUT2D eigenvalue weighted by Gasteiger charge is -2.07. The van der Waals surface area contributed by atoms with Crippen LogP contribution < -0.4 is 10.1 Å². The molecular formula is C26H19N3O4S. The van der Waals surface area contributed by atoms with Gasteiger partial charge in [0.25, 0.3) is 0 Å². The summed E-state index contributed by atoms with van der Waals surface area (Å²) >= 11 is 1.28. The molecule has 7 nitrogen and oxygen atoms in total. The number of anilines is 1. The third kappa shape index (κ3) is 4.87. The van der Waals surface area contributed by atoms with E-state index in [1.165, 1.54) is 23.9 Å². The van der Waals surface area contributed by atoms with Crippen LogP contribution in [0.15, 0.2) is 90.1 Å². The van der Waals surface area contributed by atoms with E-state index in [0.717, 1.165) is 27.6 Å². The number of carbonyl (C=O) groups excluding carboxylic acids is 1. The second kappa shape index (κ2) is 9.29. The van der Waals surface area contributed by atoms with Crippen LogP contribution in [0.1, 0.15) is 10.4 Å². The van der Waals surface area contributed by atoms with Gasteiger partial charge in [0.1, 0.15) is 11.5 Å². The molecule has 4 aromatic carbocycles. The minimum absolute atomic E-state index is 0.154. The number of carboxylic acids is 1. The predicted octanol–water partition coefficient (Wildman–Crippen LogP) is 5.94. The van der Waals surface area contributed by atoms with Crippen molar-refractivity contribution in [3.05, 3.63) is 90.5 Å². The van der Waals surface area contributed by atoms with Gasteiger partial charge in [0.2, 0.25) is 5.91 Å². The zero-order valence-electron chi connectivity index (χ0n) is 17.8. The van der Waals surface area contributed by atoms with Crippen molar-refractivity contribution < 1.29 is 19.4 Å². The van der Waals surface area contributed by atoms with E-state index in [4.69, 9.17) is 9.84 Å². The Morgan fingerprint density at radius 3 is 2.44 bits per heavy atom. The first-order valence-electron chi connectivity index (χ1n) is 10.5. The molecular weight excluding hydrogens is 450 g/mol. The van der Waals surface area contributed by atoms with E-state index in [9.17, 15) is 9.59 Å². The zero-order valence-corrected chi connectivity index (χ0v) is 18.6. The number of aromatic amines is 1. The van der Waals surface area contributed by atoms with Crippen LogP contribution in [0.4, 0.5) is 5.69 Å². The molecule has 3 N–H and O–H groups in total. The lowest BCUT2D eigenvalue weighted by molar-refractivity contribution is -0.113. The van der Waals surface area contributed by atoms with Gasteiger partial charge in [-0.15, -0.1) is 0 Å². The number of carbonyl (C=O) groups is 2. The number of hydrogen-bond donors (Lipinski definition) is 3. The fourth-order valence-corrected chi connectivity index (χ4v) is 4.18. The molecule has 0 bridgehead atoms. The Morgan fingerprint density at radius 1 is 0.912 bits per heavy atom. The molecule has 0 saturated carbocycles. The van der Waals surface area contributed by atoms with E-state index in [2.05, 4.69) is 21.4 Å². The number of aromatic nitrogens is 2. The number of benzene rings is 4. The Labute approximate surface area is 198 Å². The molecule has 1 amide bonds. The standard InChI is InChI=1S/C26H19N3O4S/c30-24(27-19-8-5-17(6-9-19)25(31)32)15-34-26-28-22-12-11-21(14-23(22)29-26)33-20-10-7-16-3-1-2-4-18(16)13-20/h1-14H,15H2,(H,27,30)(H,28,29)(H,31,32). The van der Waals surface area contributed by atoms with Crippen molar-refractivity contribution in [2.45, 2.75) is 5.16 Å². The molecule has 0 atom stereocenters. The van der Waals surface area contributed by atoms with Crippen molar-refractivity contribution in [2.75, 3.05) is 11.1 Å². The lowest BCUT2D eigenvalue weighted by Crippen LogP contribution is -2.14. The molecule has 0 aliphatic rings. The molecule has 0 aliphatic heterocycles. The average Bonchev–Trinajstić information content (AvgIpc) is 3.25. The van der Waals surface area contributed by atoms with Crippen LogP contribution in [0.5, 0.6) is 11.5 Å². The maximum Gasteiger partial charge on any atom is 0.335 e. The smallest absolute Gasteiger partial charge is 0.335 e. The minimum atomic E-state index is -1.01. The Kier molecular flexibility index (Phi) is 5.88. The monoisotopic (exact) mass is 469 g/mol. The van der Waals surface area contributed by atoms with Gasteiger partial charge in [-0.2, -0.15) is 0 Å². The molecule has 5 rings (SSSR count). The topological polar surface area (TPSA) is 104 Å². The fraction of sp³-hybridized carbons (Fsp3) is 0.0385. The second-order valence-corrected chi connectivity index (χ2v) is 8.52. The summed E-state index contributed by atoms with van der Waals surface area (Å²) < 4.78 is 6.04. The SMILES string of the molecule is O=C(CSc1nc2ccc(Oc3ccc4ccccc4c3)cc2[nH]1)Nc1ccc(C(=O)O)cc1. The fourth-order valence-electron chi connectivity index (χ4n) is 3.49. The van der Waals surface area contributed by atoms with E-state index in [-0.39, 0.29) is 17.2 Å². The number of fused-ring (bicyclic) bond motifs is 2. The van der Waals surface area contributed by atoms with Gasteiger partial charge in [0.15, 0.2) is 5.16 Å². The number of aromatic carboxylic acids is 1. The maximum atomic E-state index is 12.3. The van der Waals surface area contributed by atoms with E-state index in [1.807, 2.05) is 54.6 Å². The van der Waals surface area contributed by atoms with Crippen LogP contribution in [0.3, 0.4) is 0 Å². The molecule has 34 heavy (non-hydrogen) atoms. The summed E-state index contributed by atoms with van der Waals surface area (Å²) in [4.78, 5) is 30.9.